The second-order valence-electron chi connectivity index (χ2n) is 7.39. The van der Waals surface area contributed by atoms with Gasteiger partial charge in [0, 0.05) is 16.2 Å². The Morgan fingerprint density at radius 1 is 0.875 bits per heavy atom. The summed E-state index contributed by atoms with van der Waals surface area (Å²) in [4.78, 5) is 24.8. The number of carbonyl (C=O) groups excluding carboxylic acids is 1. The summed E-state index contributed by atoms with van der Waals surface area (Å²) in [6.07, 6.45) is 8.40. The van der Waals surface area contributed by atoms with Gasteiger partial charge < -0.3 is 19.3 Å². The molecule has 0 atom stereocenters. The molecule has 0 spiro atoms. The highest BCUT2D eigenvalue weighted by Crippen LogP contribution is 2.36. The molecule has 0 bridgehead atoms. The van der Waals surface area contributed by atoms with Gasteiger partial charge in [-0.15, -0.1) is 0 Å². The van der Waals surface area contributed by atoms with Gasteiger partial charge in [-0.1, -0.05) is 64.5 Å². The van der Waals surface area contributed by atoms with Crippen LogP contribution in [0.1, 0.15) is 91.5 Å². The highest BCUT2D eigenvalue weighted by Gasteiger charge is 2.27. The molecule has 32 heavy (non-hydrogen) atoms. The number of esters is 1. The van der Waals surface area contributed by atoms with Crippen LogP contribution in [0.2, 0.25) is 0 Å². The third-order valence-electron chi connectivity index (χ3n) is 4.96. The highest BCUT2D eigenvalue weighted by molar-refractivity contribution is 9.09. The second kappa shape index (κ2) is 17.2. The van der Waals surface area contributed by atoms with Crippen LogP contribution in [0.15, 0.2) is 6.07 Å². The Morgan fingerprint density at radius 3 is 1.94 bits per heavy atom. The molecule has 182 valence electrons. The maximum atomic E-state index is 12.7. The van der Waals surface area contributed by atoms with Crippen LogP contribution in [0.25, 0.3) is 0 Å². The highest BCUT2D eigenvalue weighted by atomic mass is 79.9. The molecule has 1 aromatic carbocycles. The number of benzene rings is 1. The van der Waals surface area contributed by atoms with Crippen LogP contribution < -0.4 is 9.47 Å². The molecule has 1 N–H and O–H groups in total. The van der Waals surface area contributed by atoms with Crippen molar-refractivity contribution >= 4 is 43.8 Å². The summed E-state index contributed by atoms with van der Waals surface area (Å²) in [5.74, 6) is -1.12. The Labute approximate surface area is 208 Å². The number of aromatic carboxylic acids is 1. The van der Waals surface area contributed by atoms with Gasteiger partial charge in [0.1, 0.15) is 22.6 Å². The summed E-state index contributed by atoms with van der Waals surface area (Å²) in [5.41, 5.74) is 0.761. The molecule has 0 amide bonds. The van der Waals surface area contributed by atoms with Crippen LogP contribution in [0.4, 0.5) is 0 Å². The number of hydrogen-bond acceptors (Lipinski definition) is 5. The minimum Gasteiger partial charge on any atom is -0.493 e. The van der Waals surface area contributed by atoms with Gasteiger partial charge in [-0.05, 0) is 45.1 Å². The molecule has 0 unspecified atom stereocenters. The fourth-order valence-corrected chi connectivity index (χ4v) is 4.15. The van der Waals surface area contributed by atoms with E-state index in [9.17, 15) is 14.7 Å². The monoisotopic (exact) mass is 578 g/mol. The van der Waals surface area contributed by atoms with E-state index in [1.165, 1.54) is 6.07 Å². The Kier molecular flexibility index (Phi) is 15.5. The molecule has 0 saturated heterocycles. The number of halogens is 2. The van der Waals surface area contributed by atoms with E-state index in [1.54, 1.807) is 6.92 Å². The zero-order valence-electron chi connectivity index (χ0n) is 19.2. The lowest BCUT2D eigenvalue weighted by Gasteiger charge is -2.20. The number of carboxylic acid groups (broad SMARTS) is 1. The van der Waals surface area contributed by atoms with Crippen molar-refractivity contribution in [1.82, 2.24) is 0 Å². The summed E-state index contributed by atoms with van der Waals surface area (Å²) in [6.45, 7) is 4.61. The molecule has 1 rings (SSSR count). The Morgan fingerprint density at radius 2 is 1.44 bits per heavy atom. The fraction of sp³-hybridized carbons (Fsp3) is 0.667. The number of hydrogen-bond donors (Lipinski definition) is 1. The lowest BCUT2D eigenvalue weighted by Crippen LogP contribution is -2.16. The molecule has 0 aliphatic carbocycles. The molecular weight excluding hydrogens is 544 g/mol. The van der Waals surface area contributed by atoms with Crippen LogP contribution in [0.3, 0.4) is 0 Å². The summed E-state index contributed by atoms with van der Waals surface area (Å²) in [5, 5.41) is 11.9. The van der Waals surface area contributed by atoms with Gasteiger partial charge >= 0.3 is 11.9 Å². The van der Waals surface area contributed by atoms with Crippen molar-refractivity contribution in [1.29, 1.82) is 0 Å². The minimum absolute atomic E-state index is 0.0651. The molecule has 0 aliphatic heterocycles. The molecule has 6 nitrogen and oxygen atoms in total. The first-order valence-electron chi connectivity index (χ1n) is 11.5. The second-order valence-corrected chi connectivity index (χ2v) is 8.97. The summed E-state index contributed by atoms with van der Waals surface area (Å²) < 4.78 is 17.1. The third kappa shape index (κ3) is 9.69. The van der Waals surface area contributed by atoms with E-state index in [0.717, 1.165) is 62.0 Å². The van der Waals surface area contributed by atoms with E-state index in [-0.39, 0.29) is 23.5 Å². The van der Waals surface area contributed by atoms with Gasteiger partial charge in [0.15, 0.2) is 0 Å². The normalized spacial score (nSPS) is 10.8. The van der Waals surface area contributed by atoms with Gasteiger partial charge in [-0.25, -0.2) is 9.59 Å². The van der Waals surface area contributed by atoms with Crippen molar-refractivity contribution in [3.05, 3.63) is 22.8 Å². The van der Waals surface area contributed by atoms with Crippen molar-refractivity contribution in [2.75, 3.05) is 30.5 Å². The number of carboxylic acids is 1. The SMILES string of the molecule is CCOC(=O)c1cc(OCCCCCCBr)c(C(=O)O)c(CC)c1OCCCCCCBr. The molecule has 0 aliphatic rings. The number of alkyl halides is 2. The number of carbonyl (C=O) groups is 2. The van der Waals surface area contributed by atoms with Gasteiger partial charge in [-0.3, -0.25) is 0 Å². The van der Waals surface area contributed by atoms with E-state index < -0.39 is 11.9 Å². The minimum atomic E-state index is -1.09. The average molecular weight is 580 g/mol. The maximum Gasteiger partial charge on any atom is 0.342 e. The molecular formula is C24H36Br2O6. The first-order chi connectivity index (χ1) is 15.5. The standard InChI is InChI=1S/C24H36Br2O6/c1-3-18-21(23(27)28)20(31-15-11-7-5-9-13-25)17-19(24(29)30-4-2)22(18)32-16-12-8-6-10-14-26/h17H,3-16H2,1-2H3,(H,27,28). The van der Waals surface area contributed by atoms with Crippen molar-refractivity contribution in [2.45, 2.75) is 71.6 Å². The van der Waals surface area contributed by atoms with Gasteiger partial charge in [0.05, 0.1) is 19.8 Å². The summed E-state index contributed by atoms with van der Waals surface area (Å²) in [7, 11) is 0. The van der Waals surface area contributed by atoms with Crippen LogP contribution >= 0.6 is 31.9 Å². The number of unbranched alkanes of at least 4 members (excludes halogenated alkanes) is 6. The molecule has 0 aromatic heterocycles. The predicted molar refractivity (Wildman–Crippen MR) is 134 cm³/mol. The Balaban J connectivity index is 3.15. The Hall–Kier alpha value is -1.28. The van der Waals surface area contributed by atoms with Crippen molar-refractivity contribution in [3.63, 3.8) is 0 Å². The number of ether oxygens (including phenoxy) is 3. The molecule has 0 radical (unpaired) electrons. The Bertz CT molecular complexity index is 708. The van der Waals surface area contributed by atoms with Crippen molar-refractivity contribution < 1.29 is 28.9 Å². The maximum absolute atomic E-state index is 12.7. The van der Waals surface area contributed by atoms with Gasteiger partial charge in [-0.2, -0.15) is 0 Å². The fourth-order valence-electron chi connectivity index (χ4n) is 3.36. The summed E-state index contributed by atoms with van der Waals surface area (Å²) >= 11 is 6.84. The van der Waals surface area contributed by atoms with E-state index >= 15 is 0 Å². The largest absolute Gasteiger partial charge is 0.493 e. The lowest BCUT2D eigenvalue weighted by atomic mass is 9.98. The lowest BCUT2D eigenvalue weighted by molar-refractivity contribution is 0.0518. The predicted octanol–water partition coefficient (Wildman–Crippen LogP) is 6.79. The van der Waals surface area contributed by atoms with Gasteiger partial charge in [0.25, 0.3) is 0 Å². The number of rotatable bonds is 18. The topological polar surface area (TPSA) is 82.1 Å². The van der Waals surface area contributed by atoms with Crippen LogP contribution in [-0.2, 0) is 11.2 Å². The molecule has 8 heteroatoms. The average Bonchev–Trinajstić information content (AvgIpc) is 2.78. The first kappa shape index (κ1) is 28.8. The van der Waals surface area contributed by atoms with E-state index in [4.69, 9.17) is 14.2 Å². The van der Waals surface area contributed by atoms with Gasteiger partial charge in [0.2, 0.25) is 0 Å². The van der Waals surface area contributed by atoms with Crippen LogP contribution in [0, 0.1) is 0 Å². The molecule has 1 aromatic rings. The third-order valence-corrected chi connectivity index (χ3v) is 6.09. The zero-order chi connectivity index (χ0) is 23.8. The van der Waals surface area contributed by atoms with Crippen molar-refractivity contribution in [3.8, 4) is 11.5 Å². The van der Waals surface area contributed by atoms with Crippen molar-refractivity contribution in [2.24, 2.45) is 0 Å². The molecule has 0 saturated carbocycles. The first-order valence-corrected chi connectivity index (χ1v) is 13.7. The van der Waals surface area contributed by atoms with E-state index in [0.29, 0.717) is 30.9 Å². The van der Waals surface area contributed by atoms with E-state index in [2.05, 4.69) is 31.9 Å². The smallest absolute Gasteiger partial charge is 0.342 e. The quantitative estimate of drug-likeness (QED) is 0.117. The van der Waals surface area contributed by atoms with E-state index in [1.807, 2.05) is 6.92 Å². The van der Waals surface area contributed by atoms with Crippen LogP contribution in [-0.4, -0.2) is 47.5 Å². The molecule has 0 heterocycles. The zero-order valence-corrected chi connectivity index (χ0v) is 22.4. The van der Waals surface area contributed by atoms with Crippen LogP contribution in [0.5, 0.6) is 11.5 Å². The molecule has 0 fully saturated rings. The summed E-state index contributed by atoms with van der Waals surface area (Å²) in [6, 6.07) is 1.47.